The van der Waals surface area contributed by atoms with Crippen LogP contribution in [0.15, 0.2) is 24.3 Å². The van der Waals surface area contributed by atoms with Crippen molar-refractivity contribution < 1.29 is 9.18 Å². The number of para-hydroxylation sites is 1. The average molecular weight is 293 g/mol. The van der Waals surface area contributed by atoms with Crippen LogP contribution >= 0.6 is 0 Å². The Bertz CT molecular complexity index is 459. The zero-order valence-corrected chi connectivity index (χ0v) is 12.6. The number of piperazine rings is 1. The van der Waals surface area contributed by atoms with Crippen LogP contribution in [0, 0.1) is 5.82 Å². The Kier molecular flexibility index (Phi) is 5.99. The fraction of sp³-hybridized carbons (Fsp3) is 0.562. The highest BCUT2D eigenvalue weighted by atomic mass is 19.1. The van der Waals surface area contributed by atoms with E-state index < -0.39 is 5.82 Å². The van der Waals surface area contributed by atoms with Crippen molar-refractivity contribution in [2.24, 2.45) is 0 Å². The fourth-order valence-electron chi connectivity index (χ4n) is 2.52. The highest BCUT2D eigenvalue weighted by molar-refractivity contribution is 5.89. The van der Waals surface area contributed by atoms with Gasteiger partial charge in [-0.1, -0.05) is 31.9 Å². The second-order valence-electron chi connectivity index (χ2n) is 5.45. The largest absolute Gasteiger partial charge is 0.322 e. The molecule has 1 fully saturated rings. The summed E-state index contributed by atoms with van der Waals surface area (Å²) in [4.78, 5) is 16.3. The van der Waals surface area contributed by atoms with Crippen LogP contribution in [-0.2, 0) is 0 Å². The Morgan fingerprint density at radius 1 is 1.19 bits per heavy atom. The molecule has 0 atom stereocenters. The molecule has 0 aliphatic carbocycles. The van der Waals surface area contributed by atoms with Gasteiger partial charge in [0.2, 0.25) is 0 Å². The minimum Gasteiger partial charge on any atom is -0.322 e. The Hall–Kier alpha value is -1.62. The first kappa shape index (κ1) is 15.8. The fourth-order valence-corrected chi connectivity index (χ4v) is 2.52. The quantitative estimate of drug-likeness (QED) is 0.846. The van der Waals surface area contributed by atoms with E-state index >= 15 is 0 Å². The van der Waals surface area contributed by atoms with E-state index in [-0.39, 0.29) is 11.7 Å². The molecule has 1 heterocycles. The normalized spacial score (nSPS) is 16.0. The zero-order chi connectivity index (χ0) is 15.1. The van der Waals surface area contributed by atoms with Crippen molar-refractivity contribution in [2.45, 2.75) is 26.2 Å². The first-order valence-corrected chi connectivity index (χ1v) is 7.73. The van der Waals surface area contributed by atoms with E-state index in [9.17, 15) is 9.18 Å². The van der Waals surface area contributed by atoms with Crippen LogP contribution in [0.5, 0.6) is 0 Å². The van der Waals surface area contributed by atoms with Gasteiger partial charge in [-0.25, -0.2) is 9.18 Å². The average Bonchev–Trinajstić information content (AvgIpc) is 2.50. The molecule has 2 amide bonds. The smallest absolute Gasteiger partial charge is 0.322 e. The van der Waals surface area contributed by atoms with Crippen LogP contribution < -0.4 is 5.32 Å². The highest BCUT2D eigenvalue weighted by Gasteiger charge is 2.21. The summed E-state index contributed by atoms with van der Waals surface area (Å²) in [6, 6.07) is 6.04. The molecular formula is C16H24FN3O. The van der Waals surface area contributed by atoms with Crippen LogP contribution in [0.1, 0.15) is 26.2 Å². The van der Waals surface area contributed by atoms with E-state index in [0.717, 1.165) is 19.6 Å². The monoisotopic (exact) mass is 293 g/mol. The molecule has 2 rings (SSSR count). The van der Waals surface area contributed by atoms with E-state index in [2.05, 4.69) is 17.1 Å². The van der Waals surface area contributed by atoms with Crippen LogP contribution in [0.25, 0.3) is 0 Å². The maximum atomic E-state index is 13.5. The topological polar surface area (TPSA) is 35.6 Å². The number of amides is 2. The SMILES string of the molecule is CCCCCN1CCN(C(=O)Nc2ccccc2F)CC1. The minimum absolute atomic E-state index is 0.215. The molecule has 5 heteroatoms. The van der Waals surface area contributed by atoms with Crippen molar-refractivity contribution in [3.8, 4) is 0 Å². The second kappa shape index (κ2) is 7.98. The first-order valence-electron chi connectivity index (χ1n) is 7.73. The van der Waals surface area contributed by atoms with Crippen molar-refractivity contribution in [3.05, 3.63) is 30.1 Å². The Morgan fingerprint density at radius 2 is 1.90 bits per heavy atom. The minimum atomic E-state index is -0.399. The maximum Gasteiger partial charge on any atom is 0.322 e. The van der Waals surface area contributed by atoms with Gasteiger partial charge < -0.3 is 10.2 Å². The van der Waals surface area contributed by atoms with Crippen molar-refractivity contribution in [3.63, 3.8) is 0 Å². The summed E-state index contributed by atoms with van der Waals surface area (Å²) < 4.78 is 13.5. The number of carbonyl (C=O) groups is 1. The Labute approximate surface area is 125 Å². The lowest BCUT2D eigenvalue weighted by molar-refractivity contribution is 0.146. The zero-order valence-electron chi connectivity index (χ0n) is 12.6. The number of carbonyl (C=O) groups excluding carboxylic acids is 1. The number of nitrogens with zero attached hydrogens (tertiary/aromatic N) is 2. The highest BCUT2D eigenvalue weighted by Crippen LogP contribution is 2.14. The number of benzene rings is 1. The molecular weight excluding hydrogens is 269 g/mol. The number of unbranched alkanes of at least 4 members (excludes halogenated alkanes) is 2. The van der Waals surface area contributed by atoms with E-state index in [1.54, 1.807) is 23.1 Å². The van der Waals surface area contributed by atoms with Gasteiger partial charge in [0, 0.05) is 26.2 Å². The standard InChI is InChI=1S/C16H24FN3O/c1-2-3-6-9-19-10-12-20(13-11-19)16(21)18-15-8-5-4-7-14(15)17/h4-5,7-8H,2-3,6,9-13H2,1H3,(H,18,21). The Balaban J connectivity index is 1.77. The Morgan fingerprint density at radius 3 is 2.57 bits per heavy atom. The van der Waals surface area contributed by atoms with Crippen LogP contribution in [0.2, 0.25) is 0 Å². The third-order valence-corrected chi connectivity index (χ3v) is 3.85. The lowest BCUT2D eigenvalue weighted by Crippen LogP contribution is -2.50. The van der Waals surface area contributed by atoms with Gasteiger partial charge in [-0.05, 0) is 25.1 Å². The number of urea groups is 1. The summed E-state index contributed by atoms with van der Waals surface area (Å²) in [5, 5.41) is 2.64. The second-order valence-corrected chi connectivity index (χ2v) is 5.45. The number of halogens is 1. The number of hydrogen-bond acceptors (Lipinski definition) is 2. The predicted octanol–water partition coefficient (Wildman–Crippen LogP) is 3.17. The van der Waals surface area contributed by atoms with Gasteiger partial charge in [-0.2, -0.15) is 0 Å². The summed E-state index contributed by atoms with van der Waals surface area (Å²) in [5.41, 5.74) is 0.243. The van der Waals surface area contributed by atoms with Gasteiger partial charge in [-0.3, -0.25) is 4.90 Å². The molecule has 0 saturated carbocycles. The maximum absolute atomic E-state index is 13.5. The van der Waals surface area contributed by atoms with Crippen LogP contribution in [-0.4, -0.2) is 48.6 Å². The molecule has 0 radical (unpaired) electrons. The van der Waals surface area contributed by atoms with Crippen LogP contribution in [0.4, 0.5) is 14.9 Å². The van der Waals surface area contributed by atoms with Crippen LogP contribution in [0.3, 0.4) is 0 Å². The first-order chi connectivity index (χ1) is 10.2. The number of hydrogen-bond donors (Lipinski definition) is 1. The van der Waals surface area contributed by atoms with Gasteiger partial charge in [0.25, 0.3) is 0 Å². The van der Waals surface area contributed by atoms with Crippen molar-refractivity contribution in [1.29, 1.82) is 0 Å². The van der Waals surface area contributed by atoms with Gasteiger partial charge in [0.15, 0.2) is 0 Å². The van der Waals surface area contributed by atoms with E-state index in [0.29, 0.717) is 13.1 Å². The third-order valence-electron chi connectivity index (χ3n) is 3.85. The molecule has 1 aliphatic rings. The summed E-state index contributed by atoms with van der Waals surface area (Å²) in [7, 11) is 0. The van der Waals surface area contributed by atoms with Gasteiger partial charge in [0.05, 0.1) is 5.69 Å². The number of anilines is 1. The summed E-state index contributed by atoms with van der Waals surface area (Å²) in [6.45, 7) is 6.50. The third kappa shape index (κ3) is 4.70. The summed E-state index contributed by atoms with van der Waals surface area (Å²) in [5.74, 6) is -0.399. The summed E-state index contributed by atoms with van der Waals surface area (Å²) >= 11 is 0. The molecule has 1 aromatic rings. The number of nitrogens with one attached hydrogen (secondary N) is 1. The van der Waals surface area contributed by atoms with E-state index in [4.69, 9.17) is 0 Å². The molecule has 0 spiro atoms. The summed E-state index contributed by atoms with van der Waals surface area (Å²) in [6.07, 6.45) is 3.71. The van der Waals surface area contributed by atoms with E-state index in [1.165, 1.54) is 25.3 Å². The van der Waals surface area contributed by atoms with Crippen molar-refractivity contribution >= 4 is 11.7 Å². The molecule has 116 valence electrons. The molecule has 1 saturated heterocycles. The van der Waals surface area contributed by atoms with Crippen molar-refractivity contribution in [2.75, 3.05) is 38.0 Å². The van der Waals surface area contributed by atoms with Gasteiger partial charge in [-0.15, -0.1) is 0 Å². The molecule has 21 heavy (non-hydrogen) atoms. The van der Waals surface area contributed by atoms with Gasteiger partial charge in [0.1, 0.15) is 5.82 Å². The van der Waals surface area contributed by atoms with Crippen molar-refractivity contribution in [1.82, 2.24) is 9.80 Å². The molecule has 1 aliphatic heterocycles. The van der Waals surface area contributed by atoms with Gasteiger partial charge >= 0.3 is 6.03 Å². The molecule has 0 aromatic heterocycles. The lowest BCUT2D eigenvalue weighted by Gasteiger charge is -2.34. The molecule has 4 nitrogen and oxygen atoms in total. The lowest BCUT2D eigenvalue weighted by atomic mass is 10.2. The molecule has 1 N–H and O–H groups in total. The molecule has 0 bridgehead atoms. The molecule has 0 unspecified atom stereocenters. The predicted molar refractivity (Wildman–Crippen MR) is 83.0 cm³/mol. The number of rotatable bonds is 5. The molecule has 1 aromatic carbocycles. The van der Waals surface area contributed by atoms with E-state index in [1.807, 2.05) is 0 Å².